The van der Waals surface area contributed by atoms with Gasteiger partial charge in [-0.3, -0.25) is 0 Å². The maximum absolute atomic E-state index is 12.7. The minimum Gasteiger partial charge on any atom is -0.341 e. The molecule has 3 aromatic rings. The number of quaternary nitrogens is 1. The highest BCUT2D eigenvalue weighted by Crippen LogP contribution is 2.16. The first-order valence-corrected chi connectivity index (χ1v) is 10.6. The molecule has 0 bridgehead atoms. The lowest BCUT2D eigenvalue weighted by molar-refractivity contribution is -0.673. The van der Waals surface area contributed by atoms with Crippen LogP contribution in [0.2, 0.25) is 5.02 Å². The van der Waals surface area contributed by atoms with E-state index in [0.29, 0.717) is 11.6 Å². The van der Waals surface area contributed by atoms with E-state index in [-0.39, 0.29) is 10.9 Å². The van der Waals surface area contributed by atoms with Crippen LogP contribution in [0.15, 0.2) is 89.8 Å². The van der Waals surface area contributed by atoms with Crippen molar-refractivity contribution in [1.29, 1.82) is 0 Å². The molecule has 3 rings (SSSR count). The molecule has 6 heteroatoms. The Balaban J connectivity index is 1.72. The monoisotopic (exact) mass is 401 g/mol. The molecule has 0 spiro atoms. The van der Waals surface area contributed by atoms with E-state index in [0.717, 1.165) is 17.7 Å². The zero-order valence-electron chi connectivity index (χ0n) is 14.8. The van der Waals surface area contributed by atoms with Crippen molar-refractivity contribution < 1.29 is 13.7 Å². The van der Waals surface area contributed by atoms with Gasteiger partial charge in [0, 0.05) is 10.6 Å². The van der Waals surface area contributed by atoms with E-state index in [1.807, 2.05) is 54.6 Å². The van der Waals surface area contributed by atoms with Gasteiger partial charge in [0.2, 0.25) is 10.0 Å². The van der Waals surface area contributed by atoms with Crippen LogP contribution in [-0.2, 0) is 16.6 Å². The average molecular weight is 402 g/mol. The largest absolute Gasteiger partial charge is 0.341 e. The van der Waals surface area contributed by atoms with Gasteiger partial charge in [0.05, 0.1) is 17.5 Å². The van der Waals surface area contributed by atoms with E-state index in [9.17, 15) is 8.42 Å². The van der Waals surface area contributed by atoms with Crippen LogP contribution in [0.4, 0.5) is 0 Å². The number of nitrogens with one attached hydrogen (secondary N) is 1. The van der Waals surface area contributed by atoms with Crippen molar-refractivity contribution >= 4 is 21.6 Å². The van der Waals surface area contributed by atoms with Gasteiger partial charge in [-0.2, -0.15) is 4.72 Å². The maximum Gasteiger partial charge on any atom is 0.241 e. The van der Waals surface area contributed by atoms with Gasteiger partial charge in [-0.05, 0) is 29.8 Å². The molecule has 3 N–H and O–H groups in total. The van der Waals surface area contributed by atoms with E-state index in [1.54, 1.807) is 30.3 Å². The molecule has 27 heavy (non-hydrogen) atoms. The fraction of sp³-hybridized carbons (Fsp3) is 0.143. The van der Waals surface area contributed by atoms with E-state index >= 15 is 0 Å². The minimum atomic E-state index is -3.60. The standard InChI is InChI=1S/C21H21ClN2O2S/c22-19-13-11-17(12-14-19)15-23-16-21(18-7-3-1-4-8-18)24-27(25,26)20-9-5-2-6-10-20/h1-14,21,23-24H,15-16H2/p+1/t21-/m0/s1. The van der Waals surface area contributed by atoms with Gasteiger partial charge in [0.25, 0.3) is 0 Å². The molecule has 0 aliphatic rings. The summed E-state index contributed by atoms with van der Waals surface area (Å²) < 4.78 is 28.3. The molecule has 0 aliphatic heterocycles. The highest BCUT2D eigenvalue weighted by molar-refractivity contribution is 7.89. The Kier molecular flexibility index (Phi) is 6.63. The molecule has 0 saturated heterocycles. The van der Waals surface area contributed by atoms with Gasteiger partial charge in [0.1, 0.15) is 6.54 Å². The van der Waals surface area contributed by atoms with E-state index in [1.165, 1.54) is 0 Å². The molecular formula is C21H22ClN2O2S+. The molecule has 140 valence electrons. The topological polar surface area (TPSA) is 62.8 Å². The van der Waals surface area contributed by atoms with Crippen LogP contribution in [0, 0.1) is 0 Å². The molecule has 0 radical (unpaired) electrons. The van der Waals surface area contributed by atoms with Crippen LogP contribution < -0.4 is 10.0 Å². The zero-order chi connectivity index (χ0) is 19.1. The summed E-state index contributed by atoms with van der Waals surface area (Å²) in [6.07, 6.45) is 0. The summed E-state index contributed by atoms with van der Waals surface area (Å²) in [6.45, 7) is 1.33. The Morgan fingerprint density at radius 2 is 1.44 bits per heavy atom. The number of nitrogens with two attached hydrogens (primary N) is 1. The Bertz CT molecular complexity index is 946. The van der Waals surface area contributed by atoms with Crippen molar-refractivity contribution in [2.45, 2.75) is 17.5 Å². The van der Waals surface area contributed by atoms with E-state index in [4.69, 9.17) is 11.6 Å². The first-order chi connectivity index (χ1) is 13.0. The number of sulfonamides is 1. The molecule has 4 nitrogen and oxygen atoms in total. The van der Waals surface area contributed by atoms with Gasteiger partial charge in [-0.25, -0.2) is 8.42 Å². The summed E-state index contributed by atoms with van der Waals surface area (Å²) in [5, 5.41) is 2.80. The maximum atomic E-state index is 12.7. The number of benzene rings is 3. The summed E-state index contributed by atoms with van der Waals surface area (Å²) in [4.78, 5) is 0.267. The summed E-state index contributed by atoms with van der Waals surface area (Å²) in [5.41, 5.74) is 2.07. The third-order valence-corrected chi connectivity index (χ3v) is 5.99. The van der Waals surface area contributed by atoms with E-state index < -0.39 is 10.0 Å². The predicted molar refractivity (Wildman–Crippen MR) is 108 cm³/mol. The third-order valence-electron chi connectivity index (χ3n) is 4.25. The second kappa shape index (κ2) is 9.15. The molecule has 0 unspecified atom stereocenters. The Hall–Kier alpha value is -2.18. The lowest BCUT2D eigenvalue weighted by Crippen LogP contribution is -2.84. The van der Waals surface area contributed by atoms with Crippen LogP contribution in [0.3, 0.4) is 0 Å². The molecule has 0 fully saturated rings. The van der Waals surface area contributed by atoms with Gasteiger partial charge < -0.3 is 5.32 Å². The van der Waals surface area contributed by atoms with Crippen LogP contribution in [-0.4, -0.2) is 15.0 Å². The Morgan fingerprint density at radius 1 is 0.852 bits per heavy atom. The van der Waals surface area contributed by atoms with Gasteiger partial charge in [-0.15, -0.1) is 0 Å². The zero-order valence-corrected chi connectivity index (χ0v) is 16.3. The minimum absolute atomic E-state index is 0.267. The van der Waals surface area contributed by atoms with Crippen molar-refractivity contribution in [1.82, 2.24) is 4.72 Å². The van der Waals surface area contributed by atoms with Gasteiger partial charge >= 0.3 is 0 Å². The average Bonchev–Trinajstić information content (AvgIpc) is 2.70. The molecule has 0 amide bonds. The van der Waals surface area contributed by atoms with E-state index in [2.05, 4.69) is 10.0 Å². The smallest absolute Gasteiger partial charge is 0.241 e. The second-order valence-electron chi connectivity index (χ2n) is 6.25. The Morgan fingerprint density at radius 3 is 2.07 bits per heavy atom. The summed E-state index contributed by atoms with van der Waals surface area (Å²) in [5.74, 6) is 0. The first kappa shape index (κ1) is 19.6. The Labute approximate surface area is 165 Å². The molecule has 3 aromatic carbocycles. The van der Waals surface area contributed by atoms with Crippen LogP contribution in [0.25, 0.3) is 0 Å². The summed E-state index contributed by atoms with van der Waals surface area (Å²) >= 11 is 5.92. The van der Waals surface area contributed by atoms with Gasteiger partial charge in [-0.1, -0.05) is 72.3 Å². The summed E-state index contributed by atoms with van der Waals surface area (Å²) in [7, 11) is -3.60. The van der Waals surface area contributed by atoms with Crippen molar-refractivity contribution in [3.8, 4) is 0 Å². The summed E-state index contributed by atoms with van der Waals surface area (Å²) in [6, 6.07) is 25.4. The number of halogens is 1. The number of rotatable bonds is 8. The lowest BCUT2D eigenvalue weighted by atomic mass is 10.1. The fourth-order valence-corrected chi connectivity index (χ4v) is 4.21. The highest BCUT2D eigenvalue weighted by Gasteiger charge is 2.22. The normalized spacial score (nSPS) is 12.6. The first-order valence-electron chi connectivity index (χ1n) is 8.73. The quantitative estimate of drug-likeness (QED) is 0.609. The second-order valence-corrected chi connectivity index (χ2v) is 8.40. The van der Waals surface area contributed by atoms with Crippen molar-refractivity contribution in [2.24, 2.45) is 0 Å². The highest BCUT2D eigenvalue weighted by atomic mass is 35.5. The van der Waals surface area contributed by atoms with Gasteiger partial charge in [0.15, 0.2) is 0 Å². The number of hydrogen-bond acceptors (Lipinski definition) is 2. The predicted octanol–water partition coefficient (Wildman–Crippen LogP) is 3.12. The SMILES string of the molecule is O=S(=O)(N[C@@H](C[NH2+]Cc1ccc(Cl)cc1)c1ccccc1)c1ccccc1. The molecule has 1 atom stereocenters. The van der Waals surface area contributed by atoms with Crippen LogP contribution in [0.1, 0.15) is 17.2 Å². The molecule has 0 aromatic heterocycles. The molecule has 0 heterocycles. The molecule has 0 saturated carbocycles. The van der Waals surface area contributed by atoms with Crippen molar-refractivity contribution in [2.75, 3.05) is 6.54 Å². The van der Waals surface area contributed by atoms with Crippen molar-refractivity contribution in [3.63, 3.8) is 0 Å². The lowest BCUT2D eigenvalue weighted by Gasteiger charge is -2.18. The number of hydrogen-bond donors (Lipinski definition) is 2. The third kappa shape index (κ3) is 5.65. The van der Waals surface area contributed by atoms with Crippen LogP contribution >= 0.6 is 11.6 Å². The molecular weight excluding hydrogens is 380 g/mol. The van der Waals surface area contributed by atoms with Crippen molar-refractivity contribution in [3.05, 3.63) is 101 Å². The molecule has 0 aliphatic carbocycles. The fourth-order valence-electron chi connectivity index (χ4n) is 2.83. The van der Waals surface area contributed by atoms with Crippen LogP contribution in [0.5, 0.6) is 0 Å².